The highest BCUT2D eigenvalue weighted by atomic mass is 16.4. The number of carboxylic acids is 1. The lowest BCUT2D eigenvalue weighted by atomic mass is 10.0. The summed E-state index contributed by atoms with van der Waals surface area (Å²) in [7, 11) is 0. The first kappa shape index (κ1) is 11.4. The van der Waals surface area contributed by atoms with Crippen LogP contribution in [0.25, 0.3) is 11.5 Å². The van der Waals surface area contributed by atoms with Gasteiger partial charge < -0.3 is 13.9 Å². The van der Waals surface area contributed by atoms with Gasteiger partial charge in [-0.2, -0.15) is 0 Å². The quantitative estimate of drug-likeness (QED) is 0.853. The van der Waals surface area contributed by atoms with Crippen molar-refractivity contribution in [3.05, 3.63) is 24.5 Å². The zero-order valence-corrected chi connectivity index (χ0v) is 9.29. The molecule has 0 amide bonds. The fourth-order valence-corrected chi connectivity index (χ4v) is 1.51. The molecule has 2 aromatic rings. The predicted octanol–water partition coefficient (Wildman–Crippen LogP) is 1.98. The molecule has 2 rings (SSSR count). The van der Waals surface area contributed by atoms with Gasteiger partial charge in [0.15, 0.2) is 0 Å². The molecule has 0 aliphatic rings. The highest BCUT2D eigenvalue weighted by Gasteiger charge is 2.14. The van der Waals surface area contributed by atoms with Crippen LogP contribution in [-0.2, 0) is 11.2 Å². The number of furan rings is 1. The Morgan fingerprint density at radius 3 is 3.00 bits per heavy atom. The third-order valence-electron chi connectivity index (χ3n) is 2.28. The van der Waals surface area contributed by atoms with E-state index in [4.69, 9.17) is 13.9 Å². The molecule has 0 aliphatic carbocycles. The number of aliphatic carboxylic acids is 1. The number of nitrogens with zero attached hydrogens (tertiary/aromatic N) is 2. The van der Waals surface area contributed by atoms with E-state index in [1.165, 1.54) is 12.5 Å². The second-order valence-electron chi connectivity index (χ2n) is 3.92. The molecule has 0 aliphatic heterocycles. The number of carbonyl (C=O) groups is 1. The van der Waals surface area contributed by atoms with Crippen molar-refractivity contribution in [1.82, 2.24) is 10.2 Å². The van der Waals surface area contributed by atoms with Crippen LogP contribution in [0.15, 0.2) is 27.4 Å². The molecule has 0 bridgehead atoms. The van der Waals surface area contributed by atoms with E-state index in [9.17, 15) is 4.79 Å². The molecule has 0 aromatic carbocycles. The fourth-order valence-electron chi connectivity index (χ4n) is 1.51. The number of carboxylic acid groups (broad SMARTS) is 1. The summed E-state index contributed by atoms with van der Waals surface area (Å²) in [5.41, 5.74) is 0.717. The van der Waals surface area contributed by atoms with Gasteiger partial charge >= 0.3 is 5.97 Å². The minimum Gasteiger partial charge on any atom is -0.481 e. The van der Waals surface area contributed by atoms with Crippen molar-refractivity contribution in [2.45, 2.75) is 19.8 Å². The van der Waals surface area contributed by atoms with Crippen molar-refractivity contribution in [1.29, 1.82) is 0 Å². The molecule has 0 saturated carbocycles. The molecule has 1 atom stereocenters. The van der Waals surface area contributed by atoms with E-state index in [1.807, 2.05) is 6.92 Å². The predicted molar refractivity (Wildman–Crippen MR) is 57.1 cm³/mol. The van der Waals surface area contributed by atoms with Crippen molar-refractivity contribution in [3.63, 3.8) is 0 Å². The van der Waals surface area contributed by atoms with Crippen molar-refractivity contribution >= 4 is 5.97 Å². The summed E-state index contributed by atoms with van der Waals surface area (Å²) in [5, 5.41) is 16.4. The second kappa shape index (κ2) is 4.82. The molecule has 2 heterocycles. The molecule has 17 heavy (non-hydrogen) atoms. The zero-order valence-electron chi connectivity index (χ0n) is 9.29. The summed E-state index contributed by atoms with van der Waals surface area (Å²) < 4.78 is 10.3. The fraction of sp³-hybridized carbons (Fsp3) is 0.364. The van der Waals surface area contributed by atoms with Gasteiger partial charge in [0.05, 0.1) is 11.8 Å². The van der Waals surface area contributed by atoms with E-state index in [-0.39, 0.29) is 12.3 Å². The number of aromatic nitrogens is 2. The van der Waals surface area contributed by atoms with Crippen LogP contribution in [0.1, 0.15) is 19.2 Å². The highest BCUT2D eigenvalue weighted by Crippen LogP contribution is 2.19. The van der Waals surface area contributed by atoms with Gasteiger partial charge in [-0.25, -0.2) is 0 Å². The molecule has 0 radical (unpaired) electrons. The maximum absolute atomic E-state index is 10.5. The maximum atomic E-state index is 10.5. The van der Waals surface area contributed by atoms with Crippen LogP contribution in [0.3, 0.4) is 0 Å². The Kier molecular flexibility index (Phi) is 3.22. The van der Waals surface area contributed by atoms with Crippen molar-refractivity contribution in [2.75, 3.05) is 0 Å². The summed E-state index contributed by atoms with van der Waals surface area (Å²) >= 11 is 0. The molecule has 0 fully saturated rings. The smallest absolute Gasteiger partial charge is 0.303 e. The van der Waals surface area contributed by atoms with Gasteiger partial charge in [0, 0.05) is 12.8 Å². The van der Waals surface area contributed by atoms with Crippen LogP contribution < -0.4 is 0 Å². The first-order chi connectivity index (χ1) is 8.15. The molecule has 0 saturated heterocycles. The van der Waals surface area contributed by atoms with Crippen molar-refractivity contribution in [3.8, 4) is 11.5 Å². The minimum atomic E-state index is -0.827. The third kappa shape index (κ3) is 2.93. The third-order valence-corrected chi connectivity index (χ3v) is 2.28. The average Bonchev–Trinajstić information content (AvgIpc) is 2.84. The Bertz CT molecular complexity index is 489. The first-order valence-electron chi connectivity index (χ1n) is 5.22. The molecule has 90 valence electrons. The number of hydrogen-bond acceptors (Lipinski definition) is 5. The molecular formula is C11H12N2O4. The Labute approximate surface area is 97.3 Å². The topological polar surface area (TPSA) is 89.4 Å². The van der Waals surface area contributed by atoms with Gasteiger partial charge in [-0.3, -0.25) is 4.79 Å². The number of hydrogen-bond donors (Lipinski definition) is 1. The Morgan fingerprint density at radius 1 is 1.53 bits per heavy atom. The van der Waals surface area contributed by atoms with Crippen LogP contribution in [0.5, 0.6) is 0 Å². The van der Waals surface area contributed by atoms with Crippen LogP contribution in [0.2, 0.25) is 0 Å². The Hall–Kier alpha value is -2.11. The molecule has 6 heteroatoms. The van der Waals surface area contributed by atoms with Gasteiger partial charge in [0.2, 0.25) is 5.89 Å². The van der Waals surface area contributed by atoms with Gasteiger partial charge in [-0.1, -0.05) is 6.92 Å². The SMILES string of the molecule is CC(CC(=O)O)Cc1nnc(-c2ccoc2)o1. The molecule has 0 spiro atoms. The molecule has 1 N–H and O–H groups in total. The normalized spacial score (nSPS) is 12.5. The van der Waals surface area contributed by atoms with Crippen LogP contribution in [0, 0.1) is 5.92 Å². The summed E-state index contributed by atoms with van der Waals surface area (Å²) in [4.78, 5) is 10.5. The van der Waals surface area contributed by atoms with E-state index in [1.54, 1.807) is 6.07 Å². The number of rotatable bonds is 5. The van der Waals surface area contributed by atoms with E-state index in [0.29, 0.717) is 18.2 Å². The van der Waals surface area contributed by atoms with Gasteiger partial charge in [-0.15, -0.1) is 10.2 Å². The van der Waals surface area contributed by atoms with Gasteiger partial charge in [0.25, 0.3) is 5.89 Å². The first-order valence-corrected chi connectivity index (χ1v) is 5.22. The second-order valence-corrected chi connectivity index (χ2v) is 3.92. The largest absolute Gasteiger partial charge is 0.481 e. The lowest BCUT2D eigenvalue weighted by molar-refractivity contribution is -0.137. The van der Waals surface area contributed by atoms with Gasteiger partial charge in [-0.05, 0) is 12.0 Å². The summed E-state index contributed by atoms with van der Waals surface area (Å²) in [6, 6.07) is 1.72. The van der Waals surface area contributed by atoms with E-state index in [0.717, 1.165) is 5.56 Å². The van der Waals surface area contributed by atoms with E-state index >= 15 is 0 Å². The minimum absolute atomic E-state index is 0.0369. The summed E-state index contributed by atoms with van der Waals surface area (Å²) in [6.45, 7) is 1.83. The van der Waals surface area contributed by atoms with Crippen LogP contribution in [0.4, 0.5) is 0 Å². The van der Waals surface area contributed by atoms with Crippen molar-refractivity contribution < 1.29 is 18.7 Å². The van der Waals surface area contributed by atoms with Crippen molar-refractivity contribution in [2.24, 2.45) is 5.92 Å². The zero-order chi connectivity index (χ0) is 12.3. The van der Waals surface area contributed by atoms with E-state index < -0.39 is 5.97 Å². The van der Waals surface area contributed by atoms with Crippen LogP contribution >= 0.6 is 0 Å². The lowest BCUT2D eigenvalue weighted by Crippen LogP contribution is -2.07. The maximum Gasteiger partial charge on any atom is 0.303 e. The summed E-state index contributed by atoms with van der Waals surface area (Å²) in [5.74, 6) is -0.0385. The van der Waals surface area contributed by atoms with Gasteiger partial charge in [0.1, 0.15) is 6.26 Å². The molecular weight excluding hydrogens is 224 g/mol. The van der Waals surface area contributed by atoms with E-state index in [2.05, 4.69) is 10.2 Å². The molecule has 1 unspecified atom stereocenters. The summed E-state index contributed by atoms with van der Waals surface area (Å²) in [6.07, 6.45) is 3.57. The molecule has 6 nitrogen and oxygen atoms in total. The average molecular weight is 236 g/mol. The molecule has 2 aromatic heterocycles. The lowest BCUT2D eigenvalue weighted by Gasteiger charge is -2.03. The standard InChI is InChI=1S/C11H12N2O4/c1-7(5-10(14)15)4-9-12-13-11(17-9)8-2-3-16-6-8/h2-3,6-7H,4-5H2,1H3,(H,14,15). The Morgan fingerprint density at radius 2 is 2.35 bits per heavy atom. The highest BCUT2D eigenvalue weighted by molar-refractivity contribution is 5.66. The van der Waals surface area contributed by atoms with Crippen LogP contribution in [-0.4, -0.2) is 21.3 Å². The Balaban J connectivity index is 2.01. The monoisotopic (exact) mass is 236 g/mol.